The maximum Gasteiger partial charge on any atom is 0.192 e. The molecule has 23 heavy (non-hydrogen) atoms. The minimum absolute atomic E-state index is 0.0178. The zero-order chi connectivity index (χ0) is 17.3. The van der Waals surface area contributed by atoms with Gasteiger partial charge in [0.1, 0.15) is 5.75 Å². The largest absolute Gasteiger partial charge is 0.485 e. The fraction of sp³-hybridized carbons (Fsp3) is 0.526. The number of ether oxygens (including phenoxy) is 1. The Morgan fingerprint density at radius 3 is 2.83 bits per heavy atom. The first-order chi connectivity index (χ1) is 10.8. The van der Waals surface area contributed by atoms with Crippen LogP contribution in [0.1, 0.15) is 46.5 Å². The fourth-order valence-electron chi connectivity index (χ4n) is 2.19. The zero-order valence-electron chi connectivity index (χ0n) is 14.2. The van der Waals surface area contributed by atoms with Crippen LogP contribution < -0.4 is 4.74 Å². The average Bonchev–Trinajstić information content (AvgIpc) is 2.44. The third-order valence-electron chi connectivity index (χ3n) is 3.50. The molecule has 128 valence electrons. The highest BCUT2D eigenvalue weighted by atomic mass is 35.5. The number of carbonyl (C=O) groups is 1. The number of hydrogen-bond acceptors (Lipinski definition) is 3. The lowest BCUT2D eigenvalue weighted by Crippen LogP contribution is -2.18. The van der Waals surface area contributed by atoms with E-state index in [2.05, 4.69) is 6.92 Å². The third-order valence-corrected chi connectivity index (χ3v) is 3.74. The molecule has 0 bridgehead atoms. The van der Waals surface area contributed by atoms with Gasteiger partial charge in [0.2, 0.25) is 0 Å². The number of ketones is 1. The van der Waals surface area contributed by atoms with Gasteiger partial charge in [-0.25, -0.2) is 0 Å². The Bertz CT molecular complexity index is 518. The smallest absolute Gasteiger partial charge is 0.192 e. The Hall–Kier alpha value is -1.32. The molecule has 0 spiro atoms. The highest BCUT2D eigenvalue weighted by Crippen LogP contribution is 2.18. The molecular formula is C19H27ClO3. The molecule has 1 aromatic rings. The van der Waals surface area contributed by atoms with E-state index in [1.165, 1.54) is 0 Å². The SMILES string of the molecule is C[C@@H](CC=CC(=O)COc1cccc(Cl)c1)CCCC(C)(C)O. The van der Waals surface area contributed by atoms with E-state index >= 15 is 0 Å². The topological polar surface area (TPSA) is 46.5 Å². The summed E-state index contributed by atoms with van der Waals surface area (Å²) in [5.41, 5.74) is -0.594. The number of benzene rings is 1. The first kappa shape index (κ1) is 19.7. The minimum atomic E-state index is -0.594. The molecule has 1 rings (SSSR count). The standard InChI is InChI=1S/C19H27ClO3/c1-15(8-6-12-19(2,3)22)7-4-10-17(21)14-23-18-11-5-9-16(20)13-18/h4-5,9-11,13,15,22H,6-8,12,14H2,1-3H3/t15-/m0/s1. The summed E-state index contributed by atoms with van der Waals surface area (Å²) in [5, 5.41) is 10.3. The molecule has 1 atom stereocenters. The van der Waals surface area contributed by atoms with Crippen LogP contribution in [0.4, 0.5) is 0 Å². The number of aliphatic hydroxyl groups is 1. The molecule has 0 aliphatic rings. The Balaban J connectivity index is 2.22. The van der Waals surface area contributed by atoms with Gasteiger partial charge in [-0.3, -0.25) is 4.79 Å². The van der Waals surface area contributed by atoms with Crippen LogP contribution in [0, 0.1) is 5.92 Å². The van der Waals surface area contributed by atoms with Gasteiger partial charge in [-0.1, -0.05) is 43.5 Å². The van der Waals surface area contributed by atoms with Gasteiger partial charge in [0.05, 0.1) is 5.60 Å². The molecule has 1 aromatic carbocycles. The van der Waals surface area contributed by atoms with Crippen molar-refractivity contribution in [2.75, 3.05) is 6.61 Å². The second-order valence-electron chi connectivity index (χ2n) is 6.66. The first-order valence-corrected chi connectivity index (χ1v) is 8.44. The van der Waals surface area contributed by atoms with Crippen molar-refractivity contribution in [2.24, 2.45) is 5.92 Å². The van der Waals surface area contributed by atoms with Gasteiger partial charge in [-0.05, 0) is 56.9 Å². The molecule has 3 nitrogen and oxygen atoms in total. The van der Waals surface area contributed by atoms with Crippen LogP contribution in [0.2, 0.25) is 5.02 Å². The second-order valence-corrected chi connectivity index (χ2v) is 7.10. The van der Waals surface area contributed by atoms with Crippen LogP contribution in [-0.2, 0) is 4.79 Å². The normalized spacial score (nSPS) is 13.3. The maximum absolute atomic E-state index is 11.8. The fourth-order valence-corrected chi connectivity index (χ4v) is 2.37. The van der Waals surface area contributed by atoms with Crippen LogP contribution in [-0.4, -0.2) is 23.1 Å². The van der Waals surface area contributed by atoms with Crippen molar-refractivity contribution in [1.82, 2.24) is 0 Å². The van der Waals surface area contributed by atoms with Crippen LogP contribution in [0.25, 0.3) is 0 Å². The summed E-state index contributed by atoms with van der Waals surface area (Å²) in [6.07, 6.45) is 7.17. The summed E-state index contributed by atoms with van der Waals surface area (Å²) in [4.78, 5) is 11.8. The summed E-state index contributed by atoms with van der Waals surface area (Å²) in [5.74, 6) is 1.03. The summed E-state index contributed by atoms with van der Waals surface area (Å²) in [7, 11) is 0. The van der Waals surface area contributed by atoms with Crippen LogP contribution >= 0.6 is 11.6 Å². The molecule has 0 aliphatic heterocycles. The molecule has 0 radical (unpaired) electrons. The van der Waals surface area contributed by atoms with E-state index < -0.39 is 5.60 Å². The Labute approximate surface area is 144 Å². The van der Waals surface area contributed by atoms with Crippen LogP contribution in [0.3, 0.4) is 0 Å². The maximum atomic E-state index is 11.8. The van der Waals surface area contributed by atoms with Crippen molar-refractivity contribution >= 4 is 17.4 Å². The summed E-state index contributed by atoms with van der Waals surface area (Å²) in [6, 6.07) is 7.00. The molecule has 0 aromatic heterocycles. The molecule has 0 unspecified atom stereocenters. The van der Waals surface area contributed by atoms with Gasteiger partial charge in [0.25, 0.3) is 0 Å². The lowest BCUT2D eigenvalue weighted by Gasteiger charge is -2.17. The molecule has 0 aliphatic carbocycles. The molecular weight excluding hydrogens is 312 g/mol. The van der Waals surface area contributed by atoms with Crippen molar-refractivity contribution in [1.29, 1.82) is 0 Å². The second kappa shape index (κ2) is 9.74. The van der Waals surface area contributed by atoms with E-state index in [0.29, 0.717) is 16.7 Å². The summed E-state index contributed by atoms with van der Waals surface area (Å²) < 4.78 is 5.40. The molecule has 4 heteroatoms. The van der Waals surface area contributed by atoms with E-state index in [1.807, 2.05) is 19.9 Å². The third kappa shape index (κ3) is 10.1. The van der Waals surface area contributed by atoms with Gasteiger partial charge in [0, 0.05) is 5.02 Å². The van der Waals surface area contributed by atoms with E-state index in [4.69, 9.17) is 16.3 Å². The number of hydrogen-bond donors (Lipinski definition) is 1. The summed E-state index contributed by atoms with van der Waals surface area (Å²) in [6.45, 7) is 5.83. The van der Waals surface area contributed by atoms with Gasteiger partial charge in [0.15, 0.2) is 12.4 Å². The van der Waals surface area contributed by atoms with Crippen molar-refractivity contribution < 1.29 is 14.6 Å². The monoisotopic (exact) mass is 338 g/mol. The van der Waals surface area contributed by atoms with Crippen LogP contribution in [0.15, 0.2) is 36.4 Å². The van der Waals surface area contributed by atoms with Gasteiger partial charge < -0.3 is 9.84 Å². The number of halogens is 1. The van der Waals surface area contributed by atoms with Crippen LogP contribution in [0.5, 0.6) is 5.75 Å². The number of rotatable bonds is 10. The first-order valence-electron chi connectivity index (χ1n) is 8.06. The van der Waals surface area contributed by atoms with Crippen molar-refractivity contribution in [3.63, 3.8) is 0 Å². The van der Waals surface area contributed by atoms with Crippen molar-refractivity contribution in [3.05, 3.63) is 41.4 Å². The molecule has 0 heterocycles. The van der Waals surface area contributed by atoms with E-state index in [1.54, 1.807) is 30.3 Å². The highest BCUT2D eigenvalue weighted by Gasteiger charge is 2.12. The summed E-state index contributed by atoms with van der Waals surface area (Å²) >= 11 is 5.85. The minimum Gasteiger partial charge on any atom is -0.485 e. The predicted octanol–water partition coefficient (Wildman–Crippen LogP) is 4.81. The van der Waals surface area contributed by atoms with Gasteiger partial charge >= 0.3 is 0 Å². The van der Waals surface area contributed by atoms with Crippen molar-refractivity contribution in [2.45, 2.75) is 52.1 Å². The Kier molecular flexibility index (Phi) is 8.35. The lowest BCUT2D eigenvalue weighted by molar-refractivity contribution is -0.116. The molecule has 0 fully saturated rings. The molecule has 0 amide bonds. The van der Waals surface area contributed by atoms with E-state index in [-0.39, 0.29) is 12.4 Å². The highest BCUT2D eigenvalue weighted by molar-refractivity contribution is 6.30. The van der Waals surface area contributed by atoms with Crippen molar-refractivity contribution in [3.8, 4) is 5.75 Å². The van der Waals surface area contributed by atoms with Gasteiger partial charge in [-0.2, -0.15) is 0 Å². The number of allylic oxidation sites excluding steroid dienone is 1. The number of carbonyl (C=O) groups excluding carboxylic acids is 1. The predicted molar refractivity (Wildman–Crippen MR) is 95.0 cm³/mol. The quantitative estimate of drug-likeness (QED) is 0.622. The van der Waals surface area contributed by atoms with Gasteiger partial charge in [-0.15, -0.1) is 0 Å². The van der Waals surface area contributed by atoms with E-state index in [0.717, 1.165) is 25.7 Å². The Morgan fingerprint density at radius 1 is 1.43 bits per heavy atom. The zero-order valence-corrected chi connectivity index (χ0v) is 15.0. The molecule has 0 saturated heterocycles. The molecule has 0 saturated carbocycles. The Morgan fingerprint density at radius 2 is 2.17 bits per heavy atom. The average molecular weight is 339 g/mol. The van der Waals surface area contributed by atoms with E-state index in [9.17, 15) is 9.90 Å². The lowest BCUT2D eigenvalue weighted by atomic mass is 9.95. The molecule has 1 N–H and O–H groups in total.